The third-order valence-electron chi connectivity index (χ3n) is 3.38. The largest absolute Gasteiger partial charge is 0.506 e. The Morgan fingerprint density at radius 2 is 2.13 bits per heavy atom. The fraction of sp³-hybridized carbons (Fsp3) is 0.125. The third kappa shape index (κ3) is 3.43. The van der Waals surface area contributed by atoms with Crippen molar-refractivity contribution < 1.29 is 14.5 Å². The molecule has 1 amide bonds. The van der Waals surface area contributed by atoms with Crippen molar-refractivity contribution in [3.8, 4) is 5.75 Å². The normalized spacial score (nSPS) is 10.9. The van der Waals surface area contributed by atoms with Gasteiger partial charge in [0, 0.05) is 5.02 Å². The van der Waals surface area contributed by atoms with E-state index in [0.717, 1.165) is 16.2 Å². The van der Waals surface area contributed by atoms with E-state index in [0.29, 0.717) is 10.7 Å². The van der Waals surface area contributed by atoms with Gasteiger partial charge in [-0.25, -0.2) is 9.55 Å². The Morgan fingerprint density at radius 3 is 2.91 bits per heavy atom. The lowest BCUT2D eigenvalue weighted by molar-refractivity contribution is -0.683. The molecule has 0 spiro atoms. The summed E-state index contributed by atoms with van der Waals surface area (Å²) in [5.74, 6) is -0.0118. The van der Waals surface area contributed by atoms with Crippen LogP contribution in [0.4, 0.5) is 5.69 Å². The number of benzene rings is 2. The second-order valence-corrected chi connectivity index (χ2v) is 6.41. The standard InChI is InChI=1S/C16H14ClN3O2S/c1-20-13-5-3-2-4-11(13)19-16(20)23-9-15(22)18-12-8-10(17)6-7-14(12)21/h2-8H,9H2,1H3,(H2,18,21,22)/p+1. The maximum absolute atomic E-state index is 12.1. The summed E-state index contributed by atoms with van der Waals surface area (Å²) in [6.07, 6.45) is 0. The number of aryl methyl sites for hydroxylation is 1. The van der Waals surface area contributed by atoms with Crippen molar-refractivity contribution in [1.29, 1.82) is 0 Å². The number of rotatable bonds is 4. The van der Waals surface area contributed by atoms with E-state index in [4.69, 9.17) is 11.6 Å². The quantitative estimate of drug-likeness (QED) is 0.385. The number of phenols is 1. The van der Waals surface area contributed by atoms with Crippen molar-refractivity contribution in [2.24, 2.45) is 7.05 Å². The molecule has 1 heterocycles. The molecule has 0 aliphatic rings. The molecule has 0 bridgehead atoms. The third-order valence-corrected chi connectivity index (χ3v) is 4.68. The van der Waals surface area contributed by atoms with Gasteiger partial charge in [-0.15, -0.1) is 0 Å². The fourth-order valence-electron chi connectivity index (χ4n) is 2.24. The lowest BCUT2D eigenvalue weighted by Crippen LogP contribution is -2.29. The molecular weight excluding hydrogens is 334 g/mol. The highest BCUT2D eigenvalue weighted by molar-refractivity contribution is 7.99. The molecule has 0 aliphatic heterocycles. The number of phenolic OH excluding ortho intramolecular Hbond substituents is 1. The predicted octanol–water partition coefficient (Wildman–Crippen LogP) is 3.08. The van der Waals surface area contributed by atoms with Crippen LogP contribution in [0.3, 0.4) is 0 Å². The molecule has 0 radical (unpaired) electrons. The maximum atomic E-state index is 12.1. The van der Waals surface area contributed by atoms with Gasteiger partial charge in [-0.05, 0) is 42.1 Å². The molecule has 118 valence electrons. The number of imidazole rings is 1. The number of carbonyl (C=O) groups is 1. The second-order valence-electron chi connectivity index (χ2n) is 5.00. The first-order valence-corrected chi connectivity index (χ1v) is 8.29. The molecule has 0 saturated heterocycles. The van der Waals surface area contributed by atoms with E-state index in [2.05, 4.69) is 10.3 Å². The molecule has 23 heavy (non-hydrogen) atoms. The first kappa shape index (κ1) is 15.7. The smallest absolute Gasteiger partial charge is 0.317 e. The Bertz CT molecular complexity index is 879. The number of fused-ring (bicyclic) bond motifs is 1. The topological polar surface area (TPSA) is 69.0 Å². The number of H-pyrrole nitrogens is 1. The molecule has 5 nitrogen and oxygen atoms in total. The SMILES string of the molecule is C[n+]1c(SCC(=O)Nc2cc(Cl)ccc2O)[nH]c2ccccc21. The second kappa shape index (κ2) is 6.52. The molecule has 7 heteroatoms. The van der Waals surface area contributed by atoms with Gasteiger partial charge in [0.15, 0.2) is 11.0 Å². The van der Waals surface area contributed by atoms with Crippen molar-refractivity contribution >= 4 is 46.0 Å². The van der Waals surface area contributed by atoms with Crippen molar-refractivity contribution in [2.75, 3.05) is 11.1 Å². The zero-order valence-corrected chi connectivity index (χ0v) is 13.9. The highest BCUT2D eigenvalue weighted by atomic mass is 35.5. The van der Waals surface area contributed by atoms with Crippen LogP contribution in [0.1, 0.15) is 0 Å². The minimum Gasteiger partial charge on any atom is -0.506 e. The molecule has 3 aromatic rings. The average Bonchev–Trinajstić information content (AvgIpc) is 2.86. The average molecular weight is 349 g/mol. The summed E-state index contributed by atoms with van der Waals surface area (Å²) in [4.78, 5) is 15.3. The first-order chi connectivity index (χ1) is 11.0. The molecule has 0 aliphatic carbocycles. The van der Waals surface area contributed by atoms with Crippen LogP contribution < -0.4 is 9.88 Å². The number of anilines is 1. The molecule has 3 rings (SSSR count). The highest BCUT2D eigenvalue weighted by Gasteiger charge is 2.17. The van der Waals surface area contributed by atoms with Crippen LogP contribution in [0.15, 0.2) is 47.6 Å². The van der Waals surface area contributed by atoms with Gasteiger partial charge in [0.1, 0.15) is 5.75 Å². The number of aromatic amines is 1. The number of aromatic hydroxyl groups is 1. The molecule has 2 aromatic carbocycles. The number of nitrogens with one attached hydrogen (secondary N) is 2. The van der Waals surface area contributed by atoms with E-state index < -0.39 is 0 Å². The van der Waals surface area contributed by atoms with E-state index in [1.165, 1.54) is 23.9 Å². The van der Waals surface area contributed by atoms with Crippen LogP contribution >= 0.6 is 23.4 Å². The van der Waals surface area contributed by atoms with Crippen molar-refractivity contribution in [1.82, 2.24) is 4.98 Å². The zero-order chi connectivity index (χ0) is 16.4. The van der Waals surface area contributed by atoms with E-state index in [-0.39, 0.29) is 17.4 Å². The lowest BCUT2D eigenvalue weighted by Gasteiger charge is -2.06. The van der Waals surface area contributed by atoms with Crippen LogP contribution in [0.5, 0.6) is 5.75 Å². The Balaban J connectivity index is 1.68. The van der Waals surface area contributed by atoms with Crippen molar-refractivity contribution in [3.05, 3.63) is 47.5 Å². The fourth-order valence-corrected chi connectivity index (χ4v) is 3.23. The van der Waals surface area contributed by atoms with Gasteiger partial charge < -0.3 is 10.4 Å². The van der Waals surface area contributed by atoms with Crippen molar-refractivity contribution in [3.63, 3.8) is 0 Å². The van der Waals surface area contributed by atoms with Gasteiger partial charge >= 0.3 is 5.16 Å². The molecule has 1 aromatic heterocycles. The van der Waals surface area contributed by atoms with E-state index in [1.54, 1.807) is 6.07 Å². The van der Waals surface area contributed by atoms with Crippen LogP contribution in [-0.2, 0) is 11.8 Å². The Kier molecular flexibility index (Phi) is 4.45. The molecular formula is C16H15ClN3O2S+. The number of halogens is 1. The van der Waals surface area contributed by atoms with Gasteiger partial charge in [-0.2, -0.15) is 0 Å². The van der Waals surface area contributed by atoms with E-state index in [1.807, 2.05) is 35.9 Å². The first-order valence-electron chi connectivity index (χ1n) is 6.92. The summed E-state index contributed by atoms with van der Waals surface area (Å²) in [6, 6.07) is 12.5. The number of amides is 1. The van der Waals surface area contributed by atoms with Crippen molar-refractivity contribution in [2.45, 2.75) is 5.16 Å². The molecule has 0 saturated carbocycles. The summed E-state index contributed by atoms with van der Waals surface area (Å²) in [7, 11) is 1.95. The minimum atomic E-state index is -0.216. The molecule has 0 fully saturated rings. The van der Waals surface area contributed by atoms with E-state index >= 15 is 0 Å². The van der Waals surface area contributed by atoms with Gasteiger partial charge in [0.2, 0.25) is 5.91 Å². The summed E-state index contributed by atoms with van der Waals surface area (Å²) < 4.78 is 2.00. The molecule has 3 N–H and O–H groups in total. The summed E-state index contributed by atoms with van der Waals surface area (Å²) in [5.41, 5.74) is 2.40. The number of thioether (sulfide) groups is 1. The van der Waals surface area contributed by atoms with Gasteiger partial charge in [-0.3, -0.25) is 4.79 Å². The van der Waals surface area contributed by atoms with Crippen LogP contribution in [0.2, 0.25) is 5.02 Å². The van der Waals surface area contributed by atoms with E-state index in [9.17, 15) is 9.90 Å². The van der Waals surface area contributed by atoms with Gasteiger partial charge in [0.05, 0.1) is 18.5 Å². The summed E-state index contributed by atoms with van der Waals surface area (Å²) >= 11 is 7.25. The molecule has 0 unspecified atom stereocenters. The van der Waals surface area contributed by atoms with Gasteiger partial charge in [-0.1, -0.05) is 23.7 Å². The Labute approximate surface area is 142 Å². The monoisotopic (exact) mass is 348 g/mol. The number of nitrogens with zero attached hydrogens (tertiary/aromatic N) is 1. The highest BCUT2D eigenvalue weighted by Crippen LogP contribution is 2.27. The van der Waals surface area contributed by atoms with Crippen LogP contribution in [-0.4, -0.2) is 21.8 Å². The number of aromatic nitrogens is 2. The zero-order valence-electron chi connectivity index (χ0n) is 12.3. The number of hydrogen-bond donors (Lipinski definition) is 3. The Hall–Kier alpha value is -2.18. The van der Waals surface area contributed by atoms with Crippen LogP contribution in [0, 0.1) is 0 Å². The maximum Gasteiger partial charge on any atom is 0.317 e. The lowest BCUT2D eigenvalue weighted by atomic mass is 10.3. The predicted molar refractivity (Wildman–Crippen MR) is 91.9 cm³/mol. The van der Waals surface area contributed by atoms with Crippen LogP contribution in [0.25, 0.3) is 11.0 Å². The summed E-state index contributed by atoms with van der Waals surface area (Å²) in [6.45, 7) is 0. The minimum absolute atomic E-state index is 0.0103. The Morgan fingerprint density at radius 1 is 1.35 bits per heavy atom. The number of para-hydroxylation sites is 2. The number of carbonyl (C=O) groups excluding carboxylic acids is 1. The van der Waals surface area contributed by atoms with Gasteiger partial charge in [0.25, 0.3) is 0 Å². The molecule has 0 atom stereocenters. The summed E-state index contributed by atoms with van der Waals surface area (Å²) in [5, 5.41) is 13.7. The number of hydrogen-bond acceptors (Lipinski definition) is 3.